The number of hydrogen-bond acceptors (Lipinski definition) is 6. The fourth-order valence-electron chi connectivity index (χ4n) is 2.20. The second kappa shape index (κ2) is 6.54. The van der Waals surface area contributed by atoms with Gasteiger partial charge in [-0.2, -0.15) is 18.3 Å². The molecule has 26 heavy (non-hydrogen) atoms. The molecule has 11 heteroatoms. The Kier molecular flexibility index (Phi) is 4.55. The molecule has 0 aliphatic rings. The third-order valence-corrected chi connectivity index (χ3v) is 4.58. The lowest BCUT2D eigenvalue weighted by molar-refractivity contribution is -0.137. The minimum atomic E-state index is -4.47. The van der Waals surface area contributed by atoms with E-state index in [1.165, 1.54) is 18.2 Å². The highest BCUT2D eigenvalue weighted by atomic mass is 35.5. The summed E-state index contributed by atoms with van der Waals surface area (Å²) in [6.45, 7) is 0. The van der Waals surface area contributed by atoms with Crippen molar-refractivity contribution in [3.05, 3.63) is 46.5 Å². The molecule has 0 bridgehead atoms. The van der Waals surface area contributed by atoms with Crippen molar-refractivity contribution in [1.82, 2.24) is 4.98 Å². The lowest BCUT2D eigenvalue weighted by Crippen LogP contribution is -2.14. The summed E-state index contributed by atoms with van der Waals surface area (Å²) in [5.41, 5.74) is 12.3. The molecule has 3 aromatic rings. The number of rotatable bonds is 3. The Morgan fingerprint density at radius 2 is 2.04 bits per heavy atom. The first-order valence-corrected chi connectivity index (χ1v) is 8.14. The predicted molar refractivity (Wildman–Crippen MR) is 93.2 cm³/mol. The quantitative estimate of drug-likeness (QED) is 0.402. The lowest BCUT2D eigenvalue weighted by Gasteiger charge is -2.07. The number of alkyl halides is 3. The highest BCUT2D eigenvalue weighted by Gasteiger charge is 2.30. The number of nitrogens with two attached hydrogens (primary N) is 1. The molecule has 0 radical (unpaired) electrons. The zero-order chi connectivity index (χ0) is 19.1. The third-order valence-electron chi connectivity index (χ3n) is 3.42. The highest BCUT2D eigenvalue weighted by Crippen LogP contribution is 2.35. The van der Waals surface area contributed by atoms with E-state index < -0.39 is 17.6 Å². The molecule has 0 aliphatic carbocycles. The number of halogens is 4. The molecule has 0 atom stereocenters. The maximum atomic E-state index is 12.8. The summed E-state index contributed by atoms with van der Waals surface area (Å²) in [5, 5.41) is 5.93. The van der Waals surface area contributed by atoms with Gasteiger partial charge in [-0.1, -0.05) is 22.9 Å². The van der Waals surface area contributed by atoms with Gasteiger partial charge in [-0.15, -0.1) is 0 Å². The fraction of sp³-hybridized carbons (Fsp3) is 0.0667. The van der Waals surface area contributed by atoms with Crippen molar-refractivity contribution in [2.75, 3.05) is 11.1 Å². The van der Waals surface area contributed by atoms with Crippen LogP contribution in [0.1, 0.15) is 15.9 Å². The molecule has 3 rings (SSSR count). The number of benzene rings is 2. The number of amides is 1. The smallest absolute Gasteiger partial charge is 0.396 e. The average molecular weight is 400 g/mol. The van der Waals surface area contributed by atoms with Gasteiger partial charge < -0.3 is 5.73 Å². The van der Waals surface area contributed by atoms with Gasteiger partial charge >= 0.3 is 6.18 Å². The molecule has 0 saturated carbocycles. The minimum absolute atomic E-state index is 0.0151. The zero-order valence-corrected chi connectivity index (χ0v) is 14.3. The summed E-state index contributed by atoms with van der Waals surface area (Å²) in [6.07, 6.45) is -4.47. The van der Waals surface area contributed by atoms with Gasteiger partial charge in [0, 0.05) is 5.02 Å². The summed E-state index contributed by atoms with van der Waals surface area (Å²) < 4.78 is 38.6. The van der Waals surface area contributed by atoms with E-state index >= 15 is 0 Å². The summed E-state index contributed by atoms with van der Waals surface area (Å²) in [6, 6.07) is 5.75. The fourth-order valence-corrected chi connectivity index (χ4v) is 3.32. The molecule has 0 saturated heterocycles. The Hall–Kier alpha value is -2.72. The van der Waals surface area contributed by atoms with Crippen LogP contribution in [0.5, 0.6) is 0 Å². The number of anilines is 2. The van der Waals surface area contributed by atoms with Crippen molar-refractivity contribution < 1.29 is 18.0 Å². The molecular formula is C15H9ClF3N5OS. The standard InChI is InChI=1S/C15H9ClF3N5OS/c16-7-4-8(12(20)10(5-7)24-21)13(25)23-14-22-9-2-1-6(15(17,18)19)3-11(9)26-14/h1-5,21H,20H2,(H,22,23,25). The SMILES string of the molecule is N=Nc1cc(Cl)cc(C(=O)Nc2nc3ccc(C(F)(F)F)cc3s2)c1N. The molecule has 2 aromatic carbocycles. The summed E-state index contributed by atoms with van der Waals surface area (Å²) in [5.74, 6) is -0.662. The lowest BCUT2D eigenvalue weighted by atomic mass is 10.1. The van der Waals surface area contributed by atoms with E-state index in [-0.39, 0.29) is 31.8 Å². The molecular weight excluding hydrogens is 391 g/mol. The number of carbonyl (C=O) groups excluding carboxylic acids is 1. The third kappa shape index (κ3) is 3.46. The van der Waals surface area contributed by atoms with Crippen LogP contribution in [0.25, 0.3) is 10.2 Å². The first-order chi connectivity index (χ1) is 12.2. The van der Waals surface area contributed by atoms with Crippen LogP contribution in [0.3, 0.4) is 0 Å². The highest BCUT2D eigenvalue weighted by molar-refractivity contribution is 7.22. The van der Waals surface area contributed by atoms with Gasteiger partial charge in [0.15, 0.2) is 5.13 Å². The minimum Gasteiger partial charge on any atom is -0.396 e. The van der Waals surface area contributed by atoms with Crippen molar-refractivity contribution in [2.24, 2.45) is 5.11 Å². The van der Waals surface area contributed by atoms with Crippen LogP contribution in [0.4, 0.5) is 29.7 Å². The Bertz CT molecular complexity index is 1030. The second-order valence-electron chi connectivity index (χ2n) is 5.15. The maximum absolute atomic E-state index is 12.8. The van der Waals surface area contributed by atoms with Crippen LogP contribution in [-0.2, 0) is 6.18 Å². The van der Waals surface area contributed by atoms with E-state index in [1.807, 2.05) is 0 Å². The van der Waals surface area contributed by atoms with Crippen LogP contribution in [0, 0.1) is 5.53 Å². The Morgan fingerprint density at radius 1 is 1.31 bits per heavy atom. The molecule has 0 spiro atoms. The molecule has 1 aromatic heterocycles. The molecule has 0 unspecified atom stereocenters. The second-order valence-corrected chi connectivity index (χ2v) is 6.62. The summed E-state index contributed by atoms with van der Waals surface area (Å²) >= 11 is 6.77. The first-order valence-electron chi connectivity index (χ1n) is 6.94. The molecule has 0 aliphatic heterocycles. The number of aromatic nitrogens is 1. The van der Waals surface area contributed by atoms with E-state index in [0.29, 0.717) is 5.52 Å². The number of fused-ring (bicyclic) bond motifs is 1. The number of hydrogen-bond donors (Lipinski definition) is 3. The largest absolute Gasteiger partial charge is 0.416 e. The van der Waals surface area contributed by atoms with Gasteiger partial charge in [0.25, 0.3) is 5.91 Å². The number of nitrogens with one attached hydrogen (secondary N) is 2. The van der Waals surface area contributed by atoms with Crippen LogP contribution in [0.2, 0.25) is 5.02 Å². The van der Waals surface area contributed by atoms with Crippen LogP contribution >= 0.6 is 22.9 Å². The van der Waals surface area contributed by atoms with E-state index in [2.05, 4.69) is 15.4 Å². The zero-order valence-electron chi connectivity index (χ0n) is 12.7. The number of nitrogen functional groups attached to an aromatic ring is 1. The molecule has 1 amide bonds. The average Bonchev–Trinajstić information content (AvgIpc) is 2.96. The predicted octanol–water partition coefficient (Wildman–Crippen LogP) is 5.47. The van der Waals surface area contributed by atoms with Crippen molar-refractivity contribution in [3.8, 4) is 0 Å². The monoisotopic (exact) mass is 399 g/mol. The number of thiazole rings is 1. The van der Waals surface area contributed by atoms with Gasteiger partial charge in [-0.25, -0.2) is 10.5 Å². The molecule has 4 N–H and O–H groups in total. The first kappa shape index (κ1) is 18.1. The van der Waals surface area contributed by atoms with Gasteiger partial charge in [-0.3, -0.25) is 10.1 Å². The van der Waals surface area contributed by atoms with Crippen molar-refractivity contribution in [2.45, 2.75) is 6.18 Å². The maximum Gasteiger partial charge on any atom is 0.416 e. The Balaban J connectivity index is 1.93. The number of nitrogens with zero attached hydrogens (tertiary/aromatic N) is 2. The van der Waals surface area contributed by atoms with Gasteiger partial charge in [0.05, 0.1) is 27.0 Å². The normalized spacial score (nSPS) is 11.5. The van der Waals surface area contributed by atoms with Crippen LogP contribution < -0.4 is 11.1 Å². The van der Waals surface area contributed by atoms with Crippen molar-refractivity contribution in [3.63, 3.8) is 0 Å². The van der Waals surface area contributed by atoms with Gasteiger partial charge in [0.1, 0.15) is 5.69 Å². The molecule has 6 nitrogen and oxygen atoms in total. The number of carbonyl (C=O) groups is 1. The summed E-state index contributed by atoms with van der Waals surface area (Å²) in [4.78, 5) is 16.5. The Morgan fingerprint density at radius 3 is 2.69 bits per heavy atom. The van der Waals surface area contributed by atoms with Gasteiger partial charge in [-0.05, 0) is 30.3 Å². The molecule has 0 fully saturated rings. The topological polar surface area (TPSA) is 104 Å². The van der Waals surface area contributed by atoms with Gasteiger partial charge in [0.2, 0.25) is 0 Å². The van der Waals surface area contributed by atoms with Crippen LogP contribution in [0.15, 0.2) is 35.4 Å². The van der Waals surface area contributed by atoms with Crippen molar-refractivity contribution >= 4 is 55.6 Å². The molecule has 134 valence electrons. The van der Waals surface area contributed by atoms with E-state index in [0.717, 1.165) is 23.5 Å². The van der Waals surface area contributed by atoms with Crippen molar-refractivity contribution in [1.29, 1.82) is 5.53 Å². The Labute approximate surface area is 153 Å². The van der Waals surface area contributed by atoms with E-state index in [4.69, 9.17) is 22.9 Å². The molecule has 1 heterocycles. The van der Waals surface area contributed by atoms with E-state index in [1.54, 1.807) is 0 Å². The summed E-state index contributed by atoms with van der Waals surface area (Å²) in [7, 11) is 0. The van der Waals surface area contributed by atoms with E-state index in [9.17, 15) is 18.0 Å². The van der Waals surface area contributed by atoms with Crippen LogP contribution in [-0.4, -0.2) is 10.9 Å².